The van der Waals surface area contributed by atoms with Crippen molar-refractivity contribution in [1.82, 2.24) is 14.8 Å². The van der Waals surface area contributed by atoms with Gasteiger partial charge >= 0.3 is 0 Å². The lowest BCUT2D eigenvalue weighted by molar-refractivity contribution is -0.164. The quantitative estimate of drug-likeness (QED) is 0.839. The molecule has 0 saturated carbocycles. The molecule has 0 saturated heterocycles. The van der Waals surface area contributed by atoms with E-state index in [1.807, 2.05) is 6.92 Å². The zero-order valence-corrected chi connectivity index (χ0v) is 15.3. The number of aromatic nitrogens is 2. The maximum Gasteiger partial charge on any atom is 0.297 e. The van der Waals surface area contributed by atoms with Crippen LogP contribution >= 0.6 is 11.6 Å². The molecule has 1 unspecified atom stereocenters. The second-order valence-electron chi connectivity index (χ2n) is 6.23. The van der Waals surface area contributed by atoms with Gasteiger partial charge in [-0.1, -0.05) is 11.6 Å². The van der Waals surface area contributed by atoms with Crippen molar-refractivity contribution in [3.05, 3.63) is 46.7 Å². The lowest BCUT2D eigenvalue weighted by atomic mass is 10.1. The largest absolute Gasteiger partial charge is 0.471 e. The molecule has 0 radical (unpaired) electrons. The molecule has 0 aliphatic carbocycles. The second kappa shape index (κ2) is 7.24. The molecule has 2 aromatic rings. The summed E-state index contributed by atoms with van der Waals surface area (Å²) in [5.41, 5.74) is -1.73. The zero-order chi connectivity index (χ0) is 19.8. The van der Waals surface area contributed by atoms with E-state index in [1.54, 1.807) is 18.2 Å². The van der Waals surface area contributed by atoms with Gasteiger partial charge in [-0.05, 0) is 43.7 Å². The first-order valence-corrected chi connectivity index (χ1v) is 8.40. The van der Waals surface area contributed by atoms with Gasteiger partial charge < -0.3 is 9.84 Å². The number of benzene rings is 1. The smallest absolute Gasteiger partial charge is 0.297 e. The summed E-state index contributed by atoms with van der Waals surface area (Å²) in [5, 5.41) is 18.9. The number of hydrogen-bond acceptors (Lipinski definition) is 5. The van der Waals surface area contributed by atoms with Crippen molar-refractivity contribution in [2.45, 2.75) is 39.1 Å². The molecule has 27 heavy (non-hydrogen) atoms. The van der Waals surface area contributed by atoms with Crippen LogP contribution in [0.25, 0.3) is 0 Å². The number of halogens is 3. The van der Waals surface area contributed by atoms with Gasteiger partial charge in [-0.25, -0.2) is 13.5 Å². The van der Waals surface area contributed by atoms with Crippen molar-refractivity contribution in [3.8, 4) is 5.75 Å². The minimum atomic E-state index is -3.17. The molecule has 0 spiro atoms. The number of aliphatic hydroxyl groups is 1. The van der Waals surface area contributed by atoms with E-state index in [-0.39, 0.29) is 18.1 Å². The summed E-state index contributed by atoms with van der Waals surface area (Å²) >= 11 is 5.95. The van der Waals surface area contributed by atoms with Gasteiger partial charge in [-0.15, -0.1) is 0 Å². The van der Waals surface area contributed by atoms with Gasteiger partial charge in [-0.3, -0.25) is 4.79 Å². The maximum atomic E-state index is 13.2. The molecular weight excluding hydrogens is 382 g/mol. The van der Waals surface area contributed by atoms with Crippen LogP contribution in [0.2, 0.25) is 5.02 Å². The number of carbonyl (C=O) groups is 1. The summed E-state index contributed by atoms with van der Waals surface area (Å²) < 4.78 is 33.3. The van der Waals surface area contributed by atoms with Crippen LogP contribution in [0.15, 0.2) is 35.6 Å². The SMILES string of the molecule is CC1=NN(C(=O)c2ccn(COc3ccc(Cl)c(C)c3)n2)C(O)(C(F)F)C1. The van der Waals surface area contributed by atoms with Gasteiger partial charge in [0, 0.05) is 23.4 Å². The molecule has 144 valence electrons. The number of amides is 1. The molecule has 0 bridgehead atoms. The van der Waals surface area contributed by atoms with Gasteiger partial charge in [0.1, 0.15) is 5.75 Å². The van der Waals surface area contributed by atoms with Crippen molar-refractivity contribution in [3.63, 3.8) is 0 Å². The summed E-state index contributed by atoms with van der Waals surface area (Å²) in [6, 6.07) is 6.48. The first-order valence-electron chi connectivity index (χ1n) is 8.02. The predicted molar refractivity (Wildman–Crippen MR) is 93.9 cm³/mol. The zero-order valence-electron chi connectivity index (χ0n) is 14.6. The molecule has 7 nitrogen and oxygen atoms in total. The first kappa shape index (κ1) is 19.2. The van der Waals surface area contributed by atoms with Crippen LogP contribution in [0, 0.1) is 6.92 Å². The fourth-order valence-electron chi connectivity index (χ4n) is 2.64. The monoisotopic (exact) mass is 398 g/mol. The van der Waals surface area contributed by atoms with Gasteiger partial charge in [-0.2, -0.15) is 15.2 Å². The standard InChI is InChI=1S/C17H17ClF2N4O3/c1-10-7-12(3-4-13(10)18)27-9-23-6-5-14(22-23)15(25)24-17(26,16(19)20)8-11(2)21-24/h3-7,16,26H,8-9H2,1-2H3. The highest BCUT2D eigenvalue weighted by Crippen LogP contribution is 2.32. The summed E-state index contributed by atoms with van der Waals surface area (Å²) in [5.74, 6) is -0.358. The second-order valence-corrected chi connectivity index (χ2v) is 6.64. The minimum absolute atomic E-state index is 0.00420. The molecule has 1 aromatic carbocycles. The molecule has 1 amide bonds. The Morgan fingerprint density at radius 2 is 2.15 bits per heavy atom. The van der Waals surface area contributed by atoms with E-state index < -0.39 is 24.5 Å². The summed E-state index contributed by atoms with van der Waals surface area (Å²) in [6.07, 6.45) is -2.12. The Hall–Kier alpha value is -2.52. The van der Waals surface area contributed by atoms with E-state index in [0.29, 0.717) is 15.8 Å². The summed E-state index contributed by atoms with van der Waals surface area (Å²) in [4.78, 5) is 12.5. The fraction of sp³-hybridized carbons (Fsp3) is 0.353. The van der Waals surface area contributed by atoms with Gasteiger partial charge in [0.25, 0.3) is 12.3 Å². The van der Waals surface area contributed by atoms with Crippen molar-refractivity contribution < 1.29 is 23.4 Å². The van der Waals surface area contributed by atoms with Crippen molar-refractivity contribution in [2.75, 3.05) is 0 Å². The maximum absolute atomic E-state index is 13.2. The summed E-state index contributed by atoms with van der Waals surface area (Å²) in [6.45, 7) is 3.29. The van der Waals surface area contributed by atoms with Gasteiger partial charge in [0.05, 0.1) is 0 Å². The van der Waals surface area contributed by atoms with Crippen LogP contribution in [0.3, 0.4) is 0 Å². The molecule has 1 N–H and O–H groups in total. The Balaban J connectivity index is 1.71. The van der Waals surface area contributed by atoms with E-state index >= 15 is 0 Å². The highest BCUT2D eigenvalue weighted by molar-refractivity contribution is 6.31. The number of carbonyl (C=O) groups excluding carboxylic acids is 1. The lowest BCUT2D eigenvalue weighted by Crippen LogP contribution is -2.51. The molecule has 3 rings (SSSR count). The van der Waals surface area contributed by atoms with E-state index in [0.717, 1.165) is 5.56 Å². The number of hydrazone groups is 1. The molecule has 1 atom stereocenters. The lowest BCUT2D eigenvalue weighted by Gasteiger charge is -2.29. The normalized spacial score (nSPS) is 19.5. The van der Waals surface area contributed by atoms with Crippen LogP contribution in [0.4, 0.5) is 8.78 Å². The Morgan fingerprint density at radius 3 is 2.81 bits per heavy atom. The minimum Gasteiger partial charge on any atom is -0.471 e. The predicted octanol–water partition coefficient (Wildman–Crippen LogP) is 3.06. The average molecular weight is 399 g/mol. The van der Waals surface area contributed by atoms with Crippen LogP contribution in [0.1, 0.15) is 29.4 Å². The van der Waals surface area contributed by atoms with Crippen molar-refractivity contribution in [1.29, 1.82) is 0 Å². The van der Waals surface area contributed by atoms with Crippen LogP contribution in [0.5, 0.6) is 5.75 Å². The Bertz CT molecular complexity index is 902. The topological polar surface area (TPSA) is 80.0 Å². The number of rotatable bonds is 5. The molecular formula is C17H17ClF2N4O3. The number of hydrogen-bond donors (Lipinski definition) is 1. The van der Waals surface area contributed by atoms with Crippen LogP contribution in [-0.4, -0.2) is 43.7 Å². The number of ether oxygens (including phenoxy) is 1. The van der Waals surface area contributed by atoms with Crippen molar-refractivity contribution in [2.24, 2.45) is 5.10 Å². The molecule has 1 aliphatic heterocycles. The highest BCUT2D eigenvalue weighted by atomic mass is 35.5. The van der Waals surface area contributed by atoms with Crippen LogP contribution in [-0.2, 0) is 6.73 Å². The number of alkyl halides is 2. The third-order valence-corrected chi connectivity index (χ3v) is 4.47. The van der Waals surface area contributed by atoms with E-state index in [1.165, 1.54) is 23.9 Å². The van der Waals surface area contributed by atoms with Gasteiger partial charge in [0.15, 0.2) is 12.4 Å². The Kier molecular flexibility index (Phi) is 5.16. The first-order chi connectivity index (χ1) is 12.7. The fourth-order valence-corrected chi connectivity index (χ4v) is 2.76. The third-order valence-electron chi connectivity index (χ3n) is 4.05. The van der Waals surface area contributed by atoms with Crippen molar-refractivity contribution >= 4 is 23.2 Å². The third kappa shape index (κ3) is 3.79. The molecule has 10 heteroatoms. The number of aryl methyl sites for hydroxylation is 1. The van der Waals surface area contributed by atoms with Gasteiger partial charge in [0.2, 0.25) is 5.72 Å². The highest BCUT2D eigenvalue weighted by Gasteiger charge is 2.51. The van der Waals surface area contributed by atoms with E-state index in [9.17, 15) is 18.7 Å². The molecule has 2 heterocycles. The van der Waals surface area contributed by atoms with E-state index in [4.69, 9.17) is 16.3 Å². The van der Waals surface area contributed by atoms with E-state index in [2.05, 4.69) is 10.2 Å². The number of nitrogens with zero attached hydrogens (tertiary/aromatic N) is 4. The molecule has 0 fully saturated rings. The average Bonchev–Trinajstić information content (AvgIpc) is 3.20. The Labute approximate surface area is 158 Å². The Morgan fingerprint density at radius 1 is 1.41 bits per heavy atom. The summed E-state index contributed by atoms with van der Waals surface area (Å²) in [7, 11) is 0. The van der Waals surface area contributed by atoms with Crippen LogP contribution < -0.4 is 4.74 Å². The molecule has 1 aliphatic rings. The molecule has 1 aromatic heterocycles.